The number of aryl methyl sites for hydroxylation is 1. The van der Waals surface area contributed by atoms with Crippen molar-refractivity contribution >= 4 is 38.4 Å². The maximum absolute atomic E-state index is 13.6. The van der Waals surface area contributed by atoms with Crippen LogP contribution in [0.4, 0.5) is 5.69 Å². The lowest BCUT2D eigenvalue weighted by atomic mass is 10.1. The predicted molar refractivity (Wildman–Crippen MR) is 132 cm³/mol. The van der Waals surface area contributed by atoms with Gasteiger partial charge in [0.05, 0.1) is 24.2 Å². The lowest BCUT2D eigenvalue weighted by Gasteiger charge is -2.24. The van der Waals surface area contributed by atoms with E-state index in [4.69, 9.17) is 4.74 Å². The van der Waals surface area contributed by atoms with Gasteiger partial charge in [0, 0.05) is 15.7 Å². The molecule has 0 radical (unpaired) electrons. The molecular weight excluding hydrogens is 468 g/mol. The van der Waals surface area contributed by atoms with Gasteiger partial charge in [-0.1, -0.05) is 30.3 Å². The van der Waals surface area contributed by atoms with E-state index in [-0.39, 0.29) is 18.0 Å². The molecule has 1 aromatic heterocycles. The van der Waals surface area contributed by atoms with Crippen molar-refractivity contribution in [2.24, 2.45) is 0 Å². The number of carbonyl (C=O) groups is 1. The Morgan fingerprint density at radius 1 is 1.03 bits per heavy atom. The first-order chi connectivity index (χ1) is 15.5. The Morgan fingerprint density at radius 3 is 2.50 bits per heavy atom. The summed E-state index contributed by atoms with van der Waals surface area (Å²) >= 11 is 3.47. The summed E-state index contributed by atoms with van der Waals surface area (Å²) < 4.78 is 6.23. The van der Waals surface area contributed by atoms with E-state index < -0.39 is 0 Å². The molecule has 0 bridgehead atoms. The molecule has 0 aliphatic rings. The molecule has 0 atom stereocenters. The van der Waals surface area contributed by atoms with Crippen LogP contribution in [0.25, 0.3) is 10.9 Å². The first-order valence-corrected chi connectivity index (χ1v) is 11.2. The molecule has 1 N–H and O–H groups in total. The van der Waals surface area contributed by atoms with Crippen molar-refractivity contribution in [3.05, 3.63) is 104 Å². The standard InChI is InChI=1S/C26H23BrN2O3/c1-3-32-21-13-11-20(12-14-21)29(26(31)22-9-4-5-10-23(22)27)16-19-15-18-8-6-7-17(2)24(18)28-25(19)30/h4-15H,3,16H2,1-2H3,(H,28,30). The first kappa shape index (κ1) is 21.8. The van der Waals surface area contributed by atoms with E-state index >= 15 is 0 Å². The van der Waals surface area contributed by atoms with Crippen molar-refractivity contribution in [1.82, 2.24) is 4.98 Å². The molecule has 0 spiro atoms. The number of benzene rings is 3. The maximum Gasteiger partial charge on any atom is 0.259 e. The minimum atomic E-state index is -0.206. The van der Waals surface area contributed by atoms with E-state index in [0.717, 1.165) is 22.2 Å². The van der Waals surface area contributed by atoms with Gasteiger partial charge in [0.15, 0.2) is 0 Å². The normalized spacial score (nSPS) is 10.8. The third kappa shape index (κ3) is 4.46. The fourth-order valence-corrected chi connectivity index (χ4v) is 4.12. The Hall–Kier alpha value is -3.38. The van der Waals surface area contributed by atoms with Gasteiger partial charge < -0.3 is 14.6 Å². The smallest absolute Gasteiger partial charge is 0.259 e. The number of aromatic nitrogens is 1. The van der Waals surface area contributed by atoms with E-state index in [1.807, 2.05) is 80.6 Å². The number of hydrogen-bond donors (Lipinski definition) is 1. The molecule has 0 saturated carbocycles. The van der Waals surface area contributed by atoms with Gasteiger partial charge in [0.1, 0.15) is 5.75 Å². The second-order valence-electron chi connectivity index (χ2n) is 7.46. The molecule has 0 aliphatic heterocycles. The molecule has 0 fully saturated rings. The zero-order chi connectivity index (χ0) is 22.7. The van der Waals surface area contributed by atoms with E-state index in [0.29, 0.717) is 27.9 Å². The number of H-pyrrole nitrogens is 1. The van der Waals surface area contributed by atoms with Gasteiger partial charge in [0.2, 0.25) is 0 Å². The number of pyridine rings is 1. The molecule has 3 aromatic carbocycles. The SMILES string of the molecule is CCOc1ccc(N(Cc2cc3cccc(C)c3[nH]c2=O)C(=O)c2ccccc2Br)cc1. The average molecular weight is 491 g/mol. The van der Waals surface area contributed by atoms with Crippen LogP contribution < -0.4 is 15.2 Å². The molecule has 1 amide bonds. The number of nitrogens with one attached hydrogen (secondary N) is 1. The van der Waals surface area contributed by atoms with Crippen LogP contribution in [0.1, 0.15) is 28.4 Å². The highest BCUT2D eigenvalue weighted by atomic mass is 79.9. The minimum absolute atomic E-state index is 0.132. The molecule has 0 unspecified atom stereocenters. The summed E-state index contributed by atoms with van der Waals surface area (Å²) in [6, 6.07) is 22.3. The molecule has 0 aliphatic carbocycles. The molecule has 4 aromatic rings. The van der Waals surface area contributed by atoms with Crippen LogP contribution in [-0.2, 0) is 6.54 Å². The van der Waals surface area contributed by atoms with Crippen LogP contribution >= 0.6 is 15.9 Å². The van der Waals surface area contributed by atoms with Crippen molar-refractivity contribution in [2.45, 2.75) is 20.4 Å². The van der Waals surface area contributed by atoms with Crippen molar-refractivity contribution in [3.8, 4) is 5.75 Å². The average Bonchev–Trinajstić information content (AvgIpc) is 2.79. The summed E-state index contributed by atoms with van der Waals surface area (Å²) in [5.74, 6) is 0.522. The van der Waals surface area contributed by atoms with Gasteiger partial charge in [0.25, 0.3) is 11.5 Å². The van der Waals surface area contributed by atoms with Gasteiger partial charge in [-0.2, -0.15) is 0 Å². The van der Waals surface area contributed by atoms with Crippen LogP contribution in [-0.4, -0.2) is 17.5 Å². The fourth-order valence-electron chi connectivity index (χ4n) is 3.67. The Balaban J connectivity index is 1.78. The largest absolute Gasteiger partial charge is 0.494 e. The van der Waals surface area contributed by atoms with Gasteiger partial charge >= 0.3 is 0 Å². The molecule has 32 heavy (non-hydrogen) atoms. The first-order valence-electron chi connectivity index (χ1n) is 10.4. The van der Waals surface area contributed by atoms with Gasteiger partial charge in [-0.15, -0.1) is 0 Å². The number of para-hydroxylation sites is 1. The number of hydrogen-bond acceptors (Lipinski definition) is 3. The van der Waals surface area contributed by atoms with Crippen LogP contribution in [0.2, 0.25) is 0 Å². The highest BCUT2D eigenvalue weighted by molar-refractivity contribution is 9.10. The maximum atomic E-state index is 13.6. The number of rotatable bonds is 6. The molecular formula is C26H23BrN2O3. The summed E-state index contributed by atoms with van der Waals surface area (Å²) in [5.41, 5.74) is 3.32. The molecule has 6 heteroatoms. The van der Waals surface area contributed by atoms with Crippen LogP contribution in [0.3, 0.4) is 0 Å². The summed E-state index contributed by atoms with van der Waals surface area (Å²) in [7, 11) is 0. The highest BCUT2D eigenvalue weighted by Crippen LogP contribution is 2.26. The molecule has 1 heterocycles. The van der Waals surface area contributed by atoms with Crippen molar-refractivity contribution in [1.29, 1.82) is 0 Å². The zero-order valence-electron chi connectivity index (χ0n) is 17.9. The van der Waals surface area contributed by atoms with E-state index in [1.54, 1.807) is 11.0 Å². The number of carbonyl (C=O) groups excluding carboxylic acids is 1. The number of aromatic amines is 1. The summed E-state index contributed by atoms with van der Waals surface area (Å²) in [6.07, 6.45) is 0. The van der Waals surface area contributed by atoms with Crippen molar-refractivity contribution < 1.29 is 9.53 Å². The molecule has 5 nitrogen and oxygen atoms in total. The Morgan fingerprint density at radius 2 is 1.78 bits per heavy atom. The van der Waals surface area contributed by atoms with Gasteiger partial charge in [-0.05, 0) is 83.2 Å². The number of amides is 1. The number of fused-ring (bicyclic) bond motifs is 1. The number of halogens is 1. The predicted octanol–water partition coefficient (Wildman–Crippen LogP) is 5.84. The van der Waals surface area contributed by atoms with Crippen molar-refractivity contribution in [3.63, 3.8) is 0 Å². The zero-order valence-corrected chi connectivity index (χ0v) is 19.5. The Kier molecular flexibility index (Phi) is 6.42. The van der Waals surface area contributed by atoms with Crippen LogP contribution in [0.5, 0.6) is 5.75 Å². The van der Waals surface area contributed by atoms with Gasteiger partial charge in [-0.3, -0.25) is 9.59 Å². The number of nitrogens with zero attached hydrogens (tertiary/aromatic N) is 1. The molecule has 162 valence electrons. The number of anilines is 1. The van der Waals surface area contributed by atoms with Crippen LogP contribution in [0, 0.1) is 6.92 Å². The van der Waals surface area contributed by atoms with E-state index in [2.05, 4.69) is 20.9 Å². The van der Waals surface area contributed by atoms with Crippen LogP contribution in [0.15, 0.2) is 82.1 Å². The molecule has 4 rings (SSSR count). The topological polar surface area (TPSA) is 62.4 Å². The highest BCUT2D eigenvalue weighted by Gasteiger charge is 2.22. The van der Waals surface area contributed by atoms with Gasteiger partial charge in [-0.25, -0.2) is 0 Å². The fraction of sp³-hybridized carbons (Fsp3) is 0.154. The lowest BCUT2D eigenvalue weighted by Crippen LogP contribution is -2.33. The van der Waals surface area contributed by atoms with E-state index in [1.165, 1.54) is 0 Å². The Bertz CT molecular complexity index is 1330. The Labute approximate surface area is 194 Å². The second kappa shape index (κ2) is 9.40. The van der Waals surface area contributed by atoms with Crippen molar-refractivity contribution in [2.75, 3.05) is 11.5 Å². The molecule has 0 saturated heterocycles. The third-order valence-corrected chi connectivity index (χ3v) is 5.99. The van der Waals surface area contributed by atoms with E-state index in [9.17, 15) is 9.59 Å². The lowest BCUT2D eigenvalue weighted by molar-refractivity contribution is 0.0984. The third-order valence-electron chi connectivity index (χ3n) is 5.30. The summed E-state index contributed by atoms with van der Waals surface area (Å²) in [4.78, 5) is 31.0. The monoisotopic (exact) mass is 490 g/mol. The summed E-state index contributed by atoms with van der Waals surface area (Å²) in [6.45, 7) is 4.57. The quantitative estimate of drug-likeness (QED) is 0.369. The second-order valence-corrected chi connectivity index (χ2v) is 8.32. The minimum Gasteiger partial charge on any atom is -0.494 e. The number of ether oxygens (including phenoxy) is 1. The summed E-state index contributed by atoms with van der Waals surface area (Å²) in [5, 5.41) is 0.930.